The van der Waals surface area contributed by atoms with Crippen molar-refractivity contribution in [2.45, 2.75) is 13.0 Å². The zero-order chi connectivity index (χ0) is 13.3. The lowest BCUT2D eigenvalue weighted by Crippen LogP contribution is -2.27. The van der Waals surface area contributed by atoms with Crippen molar-refractivity contribution in [1.29, 1.82) is 0 Å². The third kappa shape index (κ3) is 2.88. The van der Waals surface area contributed by atoms with Crippen molar-refractivity contribution in [3.63, 3.8) is 0 Å². The van der Waals surface area contributed by atoms with Crippen molar-refractivity contribution in [2.75, 3.05) is 13.1 Å². The first-order chi connectivity index (χ1) is 8.47. The standard InChI is InChI=1S/C12H14Cl2N2O2/c13-9-3-8(11(17)10(14)4-9)6-16-2-1-7(5-16)12(15)18/h3-4,7,17H,1-2,5-6H2,(H2,15,18). The van der Waals surface area contributed by atoms with Crippen molar-refractivity contribution in [2.24, 2.45) is 11.7 Å². The van der Waals surface area contributed by atoms with E-state index >= 15 is 0 Å². The number of likely N-dealkylation sites (tertiary alicyclic amines) is 1. The Balaban J connectivity index is 2.09. The Morgan fingerprint density at radius 2 is 2.22 bits per heavy atom. The molecule has 0 aliphatic carbocycles. The molecule has 3 N–H and O–H groups in total. The molecule has 1 amide bonds. The summed E-state index contributed by atoms with van der Waals surface area (Å²) in [4.78, 5) is 13.1. The molecule has 2 rings (SSSR count). The molecule has 4 nitrogen and oxygen atoms in total. The summed E-state index contributed by atoms with van der Waals surface area (Å²) in [5.41, 5.74) is 5.94. The number of aromatic hydroxyl groups is 1. The number of halogens is 2. The van der Waals surface area contributed by atoms with Gasteiger partial charge < -0.3 is 10.8 Å². The molecule has 18 heavy (non-hydrogen) atoms. The average Bonchev–Trinajstić information content (AvgIpc) is 2.74. The highest BCUT2D eigenvalue weighted by Gasteiger charge is 2.27. The van der Waals surface area contributed by atoms with E-state index in [0.717, 1.165) is 13.0 Å². The fraction of sp³-hybridized carbons (Fsp3) is 0.417. The lowest BCUT2D eigenvalue weighted by molar-refractivity contribution is -0.121. The molecule has 1 aliphatic rings. The van der Waals surface area contributed by atoms with Crippen LogP contribution in [0.25, 0.3) is 0 Å². The highest BCUT2D eigenvalue weighted by atomic mass is 35.5. The van der Waals surface area contributed by atoms with Crippen LogP contribution in [0.4, 0.5) is 0 Å². The minimum atomic E-state index is -0.272. The monoisotopic (exact) mass is 288 g/mol. The van der Waals surface area contributed by atoms with Gasteiger partial charge in [-0.1, -0.05) is 23.2 Å². The third-order valence-electron chi connectivity index (χ3n) is 3.18. The molecule has 98 valence electrons. The summed E-state index contributed by atoms with van der Waals surface area (Å²) in [5.74, 6) is -0.337. The number of benzene rings is 1. The van der Waals surface area contributed by atoms with Gasteiger partial charge in [-0.15, -0.1) is 0 Å². The third-order valence-corrected chi connectivity index (χ3v) is 3.68. The summed E-state index contributed by atoms with van der Waals surface area (Å²) >= 11 is 11.8. The van der Waals surface area contributed by atoms with Gasteiger partial charge in [-0.3, -0.25) is 9.69 Å². The Morgan fingerprint density at radius 1 is 1.50 bits per heavy atom. The maximum absolute atomic E-state index is 11.1. The molecule has 1 unspecified atom stereocenters. The predicted octanol–water partition coefficient (Wildman–Crippen LogP) is 2.01. The summed E-state index contributed by atoms with van der Waals surface area (Å²) in [6.07, 6.45) is 0.754. The number of nitrogens with two attached hydrogens (primary N) is 1. The van der Waals surface area contributed by atoms with Gasteiger partial charge in [-0.2, -0.15) is 0 Å². The highest BCUT2D eigenvalue weighted by molar-refractivity contribution is 6.35. The van der Waals surface area contributed by atoms with Gasteiger partial charge in [-0.25, -0.2) is 0 Å². The summed E-state index contributed by atoms with van der Waals surface area (Å²) in [7, 11) is 0. The van der Waals surface area contributed by atoms with Crippen LogP contribution in [0.2, 0.25) is 10.0 Å². The maximum atomic E-state index is 11.1. The lowest BCUT2D eigenvalue weighted by atomic mass is 10.1. The van der Waals surface area contributed by atoms with E-state index in [1.807, 2.05) is 0 Å². The summed E-state index contributed by atoms with van der Waals surface area (Å²) in [5, 5.41) is 10.6. The number of nitrogens with zero attached hydrogens (tertiary/aromatic N) is 1. The Hall–Kier alpha value is -0.970. The van der Waals surface area contributed by atoms with Crippen LogP contribution in [0.1, 0.15) is 12.0 Å². The van der Waals surface area contributed by atoms with E-state index in [4.69, 9.17) is 28.9 Å². The molecule has 0 saturated carbocycles. The number of hydrogen-bond donors (Lipinski definition) is 2. The lowest BCUT2D eigenvalue weighted by Gasteiger charge is -2.17. The largest absolute Gasteiger partial charge is 0.506 e. The van der Waals surface area contributed by atoms with E-state index < -0.39 is 0 Å². The van der Waals surface area contributed by atoms with E-state index in [0.29, 0.717) is 23.7 Å². The van der Waals surface area contributed by atoms with E-state index in [-0.39, 0.29) is 22.6 Å². The van der Waals surface area contributed by atoms with Crippen LogP contribution < -0.4 is 5.73 Å². The summed E-state index contributed by atoms with van der Waals surface area (Å²) in [6.45, 7) is 1.89. The van der Waals surface area contributed by atoms with Gasteiger partial charge >= 0.3 is 0 Å². The normalized spacial score (nSPS) is 20.2. The molecule has 0 aromatic heterocycles. The molecule has 1 fully saturated rings. The van der Waals surface area contributed by atoms with Crippen LogP contribution in [-0.2, 0) is 11.3 Å². The number of amides is 1. The first-order valence-electron chi connectivity index (χ1n) is 5.66. The molecule has 6 heteroatoms. The molecule has 1 heterocycles. The van der Waals surface area contributed by atoms with E-state index in [2.05, 4.69) is 4.90 Å². The van der Waals surface area contributed by atoms with Gasteiger partial charge in [-0.05, 0) is 25.1 Å². The minimum absolute atomic E-state index is 0.0450. The zero-order valence-electron chi connectivity index (χ0n) is 9.70. The van der Waals surface area contributed by atoms with Gasteiger partial charge in [0, 0.05) is 23.7 Å². The quantitative estimate of drug-likeness (QED) is 0.894. The first kappa shape index (κ1) is 13.5. The van der Waals surface area contributed by atoms with Gasteiger partial charge in [0.25, 0.3) is 0 Å². The van der Waals surface area contributed by atoms with E-state index in [1.54, 1.807) is 6.07 Å². The second-order valence-electron chi connectivity index (χ2n) is 4.52. The summed E-state index contributed by atoms with van der Waals surface area (Å²) in [6, 6.07) is 3.18. The fourth-order valence-corrected chi connectivity index (χ4v) is 2.72. The Bertz CT molecular complexity index is 479. The van der Waals surface area contributed by atoms with E-state index in [9.17, 15) is 9.90 Å². The van der Waals surface area contributed by atoms with Gasteiger partial charge in [0.2, 0.25) is 5.91 Å². The number of phenols is 1. The van der Waals surface area contributed by atoms with Crippen molar-refractivity contribution >= 4 is 29.1 Å². The van der Waals surface area contributed by atoms with Gasteiger partial charge in [0.15, 0.2) is 0 Å². The number of carbonyl (C=O) groups is 1. The second-order valence-corrected chi connectivity index (χ2v) is 5.36. The summed E-state index contributed by atoms with van der Waals surface area (Å²) < 4.78 is 0. The number of primary amides is 1. The van der Waals surface area contributed by atoms with Crippen LogP contribution in [-0.4, -0.2) is 29.0 Å². The smallest absolute Gasteiger partial charge is 0.221 e. The van der Waals surface area contributed by atoms with Gasteiger partial charge in [0.1, 0.15) is 5.75 Å². The van der Waals surface area contributed by atoms with Crippen molar-refractivity contribution in [1.82, 2.24) is 4.90 Å². The zero-order valence-corrected chi connectivity index (χ0v) is 11.2. The molecule has 1 aliphatic heterocycles. The highest BCUT2D eigenvalue weighted by Crippen LogP contribution is 2.32. The molecule has 1 aromatic carbocycles. The van der Waals surface area contributed by atoms with Crippen LogP contribution >= 0.6 is 23.2 Å². The van der Waals surface area contributed by atoms with Crippen LogP contribution in [0.5, 0.6) is 5.75 Å². The van der Waals surface area contributed by atoms with Crippen LogP contribution in [0.3, 0.4) is 0 Å². The maximum Gasteiger partial charge on any atom is 0.221 e. The molecule has 0 spiro atoms. The first-order valence-corrected chi connectivity index (χ1v) is 6.41. The number of hydrogen-bond acceptors (Lipinski definition) is 3. The van der Waals surface area contributed by atoms with Crippen LogP contribution in [0.15, 0.2) is 12.1 Å². The van der Waals surface area contributed by atoms with Crippen molar-refractivity contribution in [3.8, 4) is 5.75 Å². The number of carbonyl (C=O) groups excluding carboxylic acids is 1. The fourth-order valence-electron chi connectivity index (χ4n) is 2.19. The molecular formula is C12H14Cl2N2O2. The Morgan fingerprint density at radius 3 is 2.83 bits per heavy atom. The molecule has 1 atom stereocenters. The second kappa shape index (κ2) is 5.34. The average molecular weight is 289 g/mol. The van der Waals surface area contributed by atoms with E-state index in [1.165, 1.54) is 6.07 Å². The minimum Gasteiger partial charge on any atom is -0.506 e. The predicted molar refractivity (Wildman–Crippen MR) is 70.7 cm³/mol. The number of rotatable bonds is 3. The molecule has 1 saturated heterocycles. The topological polar surface area (TPSA) is 66.6 Å². The van der Waals surface area contributed by atoms with Crippen molar-refractivity contribution in [3.05, 3.63) is 27.7 Å². The van der Waals surface area contributed by atoms with Gasteiger partial charge in [0.05, 0.1) is 10.9 Å². The Labute approximate surface area is 115 Å². The Kier molecular flexibility index (Phi) is 4.00. The van der Waals surface area contributed by atoms with Crippen molar-refractivity contribution < 1.29 is 9.90 Å². The molecule has 0 bridgehead atoms. The SMILES string of the molecule is NC(=O)C1CCN(Cc2cc(Cl)cc(Cl)c2O)C1. The van der Waals surface area contributed by atoms with Crippen LogP contribution in [0, 0.1) is 5.92 Å². The molecular weight excluding hydrogens is 275 g/mol. The number of phenolic OH excluding ortho intramolecular Hbond substituents is 1. The molecule has 0 radical (unpaired) electrons. The molecule has 1 aromatic rings.